The second-order valence-electron chi connectivity index (χ2n) is 5.61. The van der Waals surface area contributed by atoms with Crippen molar-refractivity contribution in [1.82, 2.24) is 19.9 Å². The Labute approximate surface area is 140 Å². The Balaban J connectivity index is 1.51. The van der Waals surface area contributed by atoms with E-state index in [1.54, 1.807) is 25.8 Å². The number of hydrogen-bond donors (Lipinski definition) is 0. The third-order valence-electron chi connectivity index (χ3n) is 4.23. The van der Waals surface area contributed by atoms with Crippen molar-refractivity contribution < 1.29 is 4.74 Å². The van der Waals surface area contributed by atoms with Gasteiger partial charge in [0.2, 0.25) is 5.95 Å². The van der Waals surface area contributed by atoms with Crippen LogP contribution >= 0.6 is 0 Å². The molecule has 7 heteroatoms. The summed E-state index contributed by atoms with van der Waals surface area (Å²) in [5.41, 5.74) is 0.975. The topological polar surface area (TPSA) is 67.3 Å². The fourth-order valence-electron chi connectivity index (χ4n) is 2.94. The van der Waals surface area contributed by atoms with Crippen LogP contribution in [0.3, 0.4) is 0 Å². The van der Waals surface area contributed by atoms with Gasteiger partial charge in [0.1, 0.15) is 12.1 Å². The van der Waals surface area contributed by atoms with Crippen LogP contribution in [-0.4, -0.2) is 53.2 Å². The van der Waals surface area contributed by atoms with E-state index in [4.69, 9.17) is 4.74 Å². The van der Waals surface area contributed by atoms with E-state index < -0.39 is 0 Å². The molecule has 0 saturated carbocycles. The number of methoxy groups -OCH3 is 1. The number of para-hydroxylation sites is 1. The molecule has 0 bridgehead atoms. The van der Waals surface area contributed by atoms with Gasteiger partial charge in [-0.2, -0.15) is 0 Å². The first-order valence-electron chi connectivity index (χ1n) is 7.91. The van der Waals surface area contributed by atoms with Gasteiger partial charge in [0.25, 0.3) is 0 Å². The Hall–Kier alpha value is -2.96. The lowest BCUT2D eigenvalue weighted by Gasteiger charge is -2.35. The minimum absolute atomic E-state index is 0.671. The molecule has 122 valence electrons. The molecule has 0 atom stereocenters. The molecule has 7 nitrogen and oxygen atoms in total. The van der Waals surface area contributed by atoms with Crippen LogP contribution in [0, 0.1) is 0 Å². The molecule has 1 aliphatic heterocycles. The Morgan fingerprint density at radius 1 is 0.875 bits per heavy atom. The first-order chi connectivity index (χ1) is 11.8. The molecule has 0 aliphatic carbocycles. The number of ether oxygens (including phenoxy) is 1. The maximum atomic E-state index is 5.11. The summed E-state index contributed by atoms with van der Waals surface area (Å²) in [6, 6.07) is 8.11. The highest BCUT2D eigenvalue weighted by Crippen LogP contribution is 2.24. The number of rotatable bonds is 3. The van der Waals surface area contributed by atoms with Crippen LogP contribution in [0.15, 0.2) is 43.0 Å². The number of benzene rings is 1. The zero-order chi connectivity index (χ0) is 16.4. The molecule has 3 heterocycles. The van der Waals surface area contributed by atoms with Crippen molar-refractivity contribution >= 4 is 22.7 Å². The van der Waals surface area contributed by atoms with Crippen LogP contribution in [0.1, 0.15) is 0 Å². The third-order valence-corrected chi connectivity index (χ3v) is 4.23. The molecule has 0 N–H and O–H groups in total. The van der Waals surface area contributed by atoms with E-state index >= 15 is 0 Å². The van der Waals surface area contributed by atoms with Gasteiger partial charge in [-0.1, -0.05) is 12.1 Å². The summed E-state index contributed by atoms with van der Waals surface area (Å²) < 4.78 is 5.11. The normalized spacial score (nSPS) is 14.9. The third kappa shape index (κ3) is 2.68. The highest BCUT2D eigenvalue weighted by Gasteiger charge is 2.21. The molecule has 0 radical (unpaired) electrons. The van der Waals surface area contributed by atoms with E-state index in [0.717, 1.165) is 48.8 Å². The van der Waals surface area contributed by atoms with Crippen LogP contribution in [0.4, 0.5) is 11.8 Å². The van der Waals surface area contributed by atoms with Crippen LogP contribution in [-0.2, 0) is 0 Å². The molecule has 0 spiro atoms. The molecular weight excluding hydrogens is 304 g/mol. The number of piperazine rings is 1. The largest absolute Gasteiger partial charge is 0.494 e. The van der Waals surface area contributed by atoms with E-state index in [0.29, 0.717) is 5.75 Å². The molecule has 3 aromatic rings. The van der Waals surface area contributed by atoms with E-state index in [1.165, 1.54) is 0 Å². The van der Waals surface area contributed by atoms with Gasteiger partial charge in [-0.05, 0) is 12.1 Å². The van der Waals surface area contributed by atoms with Crippen molar-refractivity contribution in [3.05, 3.63) is 43.0 Å². The summed E-state index contributed by atoms with van der Waals surface area (Å²) in [6.07, 6.45) is 5.04. The quantitative estimate of drug-likeness (QED) is 0.728. The predicted octanol–water partition coefficient (Wildman–Crippen LogP) is 1.75. The van der Waals surface area contributed by atoms with Crippen molar-refractivity contribution in [2.24, 2.45) is 0 Å². The van der Waals surface area contributed by atoms with Crippen molar-refractivity contribution in [1.29, 1.82) is 0 Å². The SMILES string of the molecule is COc1cnc(N2CCN(c3ncnc4ccccc34)CC2)nc1. The number of hydrogen-bond acceptors (Lipinski definition) is 7. The second kappa shape index (κ2) is 6.27. The summed E-state index contributed by atoms with van der Waals surface area (Å²) in [5.74, 6) is 2.41. The Morgan fingerprint density at radius 3 is 2.33 bits per heavy atom. The Bertz CT molecular complexity index is 825. The summed E-state index contributed by atoms with van der Waals surface area (Å²) in [6.45, 7) is 3.45. The van der Waals surface area contributed by atoms with Crippen LogP contribution in [0.2, 0.25) is 0 Å². The molecular formula is C17H18N6O. The Morgan fingerprint density at radius 2 is 1.58 bits per heavy atom. The average Bonchev–Trinajstić information content (AvgIpc) is 2.68. The van der Waals surface area contributed by atoms with Gasteiger partial charge in [0, 0.05) is 31.6 Å². The molecule has 0 amide bonds. The van der Waals surface area contributed by atoms with Gasteiger partial charge in [0.15, 0.2) is 5.75 Å². The zero-order valence-corrected chi connectivity index (χ0v) is 13.5. The standard InChI is InChI=1S/C17H18N6O/c1-24-13-10-18-17(19-11-13)23-8-6-22(7-9-23)16-14-4-2-3-5-15(14)20-12-21-16/h2-5,10-12H,6-9H2,1H3. The first kappa shape index (κ1) is 14.6. The lowest BCUT2D eigenvalue weighted by molar-refractivity contribution is 0.410. The van der Waals surface area contributed by atoms with Crippen molar-refractivity contribution in [3.8, 4) is 5.75 Å². The smallest absolute Gasteiger partial charge is 0.225 e. The summed E-state index contributed by atoms with van der Waals surface area (Å²) >= 11 is 0. The van der Waals surface area contributed by atoms with Gasteiger partial charge in [-0.3, -0.25) is 0 Å². The van der Waals surface area contributed by atoms with Gasteiger partial charge in [-0.25, -0.2) is 19.9 Å². The molecule has 1 aliphatic rings. The number of nitrogens with zero attached hydrogens (tertiary/aromatic N) is 6. The van der Waals surface area contributed by atoms with Crippen molar-refractivity contribution in [3.63, 3.8) is 0 Å². The highest BCUT2D eigenvalue weighted by atomic mass is 16.5. The lowest BCUT2D eigenvalue weighted by Crippen LogP contribution is -2.47. The maximum absolute atomic E-state index is 5.11. The maximum Gasteiger partial charge on any atom is 0.225 e. The first-order valence-corrected chi connectivity index (χ1v) is 7.91. The van der Waals surface area contributed by atoms with Crippen molar-refractivity contribution in [2.75, 3.05) is 43.1 Å². The molecule has 1 saturated heterocycles. The highest BCUT2D eigenvalue weighted by molar-refractivity contribution is 5.89. The molecule has 2 aromatic heterocycles. The monoisotopic (exact) mass is 322 g/mol. The van der Waals surface area contributed by atoms with Crippen LogP contribution in [0.5, 0.6) is 5.75 Å². The van der Waals surface area contributed by atoms with Crippen molar-refractivity contribution in [2.45, 2.75) is 0 Å². The van der Waals surface area contributed by atoms with Crippen LogP contribution < -0.4 is 14.5 Å². The van der Waals surface area contributed by atoms with Gasteiger partial charge < -0.3 is 14.5 Å². The summed E-state index contributed by atoms with van der Waals surface area (Å²) in [5, 5.41) is 1.09. The fraction of sp³-hybridized carbons (Fsp3) is 0.294. The molecule has 0 unspecified atom stereocenters. The van der Waals surface area contributed by atoms with E-state index in [1.807, 2.05) is 18.2 Å². The molecule has 1 fully saturated rings. The Kier molecular flexibility index (Phi) is 3.82. The van der Waals surface area contributed by atoms with E-state index in [2.05, 4.69) is 35.8 Å². The molecule has 4 rings (SSSR count). The van der Waals surface area contributed by atoms with E-state index in [-0.39, 0.29) is 0 Å². The number of aromatic nitrogens is 4. The minimum atomic E-state index is 0.671. The summed E-state index contributed by atoms with van der Waals surface area (Å²) in [7, 11) is 1.61. The van der Waals surface area contributed by atoms with Gasteiger partial charge in [-0.15, -0.1) is 0 Å². The van der Waals surface area contributed by atoms with Gasteiger partial charge in [0.05, 0.1) is 25.0 Å². The summed E-state index contributed by atoms with van der Waals surface area (Å²) in [4.78, 5) is 22.0. The van der Waals surface area contributed by atoms with E-state index in [9.17, 15) is 0 Å². The molecule has 24 heavy (non-hydrogen) atoms. The second-order valence-corrected chi connectivity index (χ2v) is 5.61. The minimum Gasteiger partial charge on any atom is -0.494 e. The lowest BCUT2D eigenvalue weighted by atomic mass is 10.2. The predicted molar refractivity (Wildman–Crippen MR) is 92.5 cm³/mol. The average molecular weight is 322 g/mol. The zero-order valence-electron chi connectivity index (χ0n) is 13.5. The molecule has 1 aromatic carbocycles. The van der Waals surface area contributed by atoms with Crippen LogP contribution in [0.25, 0.3) is 10.9 Å². The number of anilines is 2. The number of fused-ring (bicyclic) bond motifs is 1. The fourth-order valence-corrected chi connectivity index (χ4v) is 2.94. The van der Waals surface area contributed by atoms with Gasteiger partial charge >= 0.3 is 0 Å².